The van der Waals surface area contributed by atoms with Gasteiger partial charge in [-0.2, -0.15) is 0 Å². The highest BCUT2D eigenvalue weighted by Gasteiger charge is 2.31. The van der Waals surface area contributed by atoms with Gasteiger partial charge in [-0.1, -0.05) is 42.3 Å². The Morgan fingerprint density at radius 1 is 1.11 bits per heavy atom. The molecular weight excluding hydrogens is 549 g/mol. The maximum atomic E-state index is 13.6. The van der Waals surface area contributed by atoms with E-state index in [2.05, 4.69) is 5.32 Å². The third-order valence-electron chi connectivity index (χ3n) is 5.70. The van der Waals surface area contributed by atoms with Crippen molar-refractivity contribution in [2.24, 2.45) is 0 Å². The van der Waals surface area contributed by atoms with Gasteiger partial charge in [0.1, 0.15) is 11.8 Å². The number of rotatable bonds is 12. The molecule has 0 aromatic heterocycles. The molecule has 11 heteroatoms. The van der Waals surface area contributed by atoms with E-state index in [-0.39, 0.29) is 48.5 Å². The van der Waals surface area contributed by atoms with E-state index in [4.69, 9.17) is 27.9 Å². The molecule has 0 heterocycles. The van der Waals surface area contributed by atoms with E-state index in [1.165, 1.54) is 12.1 Å². The number of benzene rings is 2. The van der Waals surface area contributed by atoms with Gasteiger partial charge in [-0.15, -0.1) is 0 Å². The van der Waals surface area contributed by atoms with Crippen molar-refractivity contribution in [3.63, 3.8) is 0 Å². The quantitative estimate of drug-likeness (QED) is 0.366. The number of sulfonamides is 1. The lowest BCUT2D eigenvalue weighted by Gasteiger charge is -2.33. The standard InChI is InChI=1S/C27H37Cl2N3O5S/c1-7-23(26(34)30-27(2,3)4)31(18-19-10-8-11-21(16-19)37-5)25(33)12-9-15-32(38(6,35)36)24-17-20(28)13-14-22(24)29/h8,10-11,13-14,16-17,23H,7,9,12,15,18H2,1-6H3,(H,30,34)/t23-/m0/s1. The average molecular weight is 587 g/mol. The maximum Gasteiger partial charge on any atom is 0.243 e. The number of nitrogens with one attached hydrogen (secondary N) is 1. The fraction of sp³-hybridized carbons (Fsp3) is 0.481. The molecule has 210 valence electrons. The van der Waals surface area contributed by atoms with Crippen LogP contribution in [-0.2, 0) is 26.2 Å². The number of hydrogen-bond donors (Lipinski definition) is 1. The Bertz CT molecular complexity index is 1230. The predicted octanol–water partition coefficient (Wildman–Crippen LogP) is 5.27. The zero-order chi connectivity index (χ0) is 28.7. The van der Waals surface area contributed by atoms with Crippen LogP contribution in [0.4, 0.5) is 5.69 Å². The Labute approximate surface area is 236 Å². The van der Waals surface area contributed by atoms with Crippen molar-refractivity contribution < 1.29 is 22.7 Å². The number of anilines is 1. The number of ether oxygens (including phenoxy) is 1. The third kappa shape index (κ3) is 9.36. The minimum atomic E-state index is -3.70. The van der Waals surface area contributed by atoms with Gasteiger partial charge in [-0.25, -0.2) is 8.42 Å². The van der Waals surface area contributed by atoms with Gasteiger partial charge in [0.2, 0.25) is 21.8 Å². The summed E-state index contributed by atoms with van der Waals surface area (Å²) in [5.41, 5.74) is 0.586. The molecule has 38 heavy (non-hydrogen) atoms. The number of methoxy groups -OCH3 is 1. The summed E-state index contributed by atoms with van der Waals surface area (Å²) < 4.78 is 31.6. The predicted molar refractivity (Wildman–Crippen MR) is 153 cm³/mol. The van der Waals surface area contributed by atoms with Crippen molar-refractivity contribution in [1.29, 1.82) is 0 Å². The van der Waals surface area contributed by atoms with Gasteiger partial charge in [0, 0.05) is 30.1 Å². The molecule has 1 N–H and O–H groups in total. The van der Waals surface area contributed by atoms with Crippen LogP contribution in [0.1, 0.15) is 52.5 Å². The summed E-state index contributed by atoms with van der Waals surface area (Å²) in [5.74, 6) is 0.123. The second-order valence-corrected chi connectivity index (χ2v) is 12.8. The molecule has 0 aliphatic rings. The second-order valence-electron chi connectivity index (χ2n) is 10.1. The first kappa shape index (κ1) is 31.7. The summed E-state index contributed by atoms with van der Waals surface area (Å²) in [4.78, 5) is 28.3. The van der Waals surface area contributed by atoms with Crippen molar-refractivity contribution in [3.05, 3.63) is 58.1 Å². The van der Waals surface area contributed by atoms with Crippen LogP contribution in [0.2, 0.25) is 10.0 Å². The summed E-state index contributed by atoms with van der Waals surface area (Å²) in [5, 5.41) is 3.54. The minimum absolute atomic E-state index is 0.0165. The Balaban J connectivity index is 2.29. The molecule has 2 aromatic rings. The fourth-order valence-corrected chi connectivity index (χ4v) is 5.40. The average Bonchev–Trinajstić information content (AvgIpc) is 2.81. The molecule has 0 radical (unpaired) electrons. The molecule has 2 amide bonds. The van der Waals surface area contributed by atoms with E-state index in [0.717, 1.165) is 16.1 Å². The van der Waals surface area contributed by atoms with Crippen LogP contribution < -0.4 is 14.4 Å². The maximum absolute atomic E-state index is 13.6. The van der Waals surface area contributed by atoms with Crippen LogP contribution >= 0.6 is 23.2 Å². The summed E-state index contributed by atoms with van der Waals surface area (Å²) in [6, 6.07) is 11.2. The van der Waals surface area contributed by atoms with Crippen LogP contribution in [-0.4, -0.2) is 56.6 Å². The van der Waals surface area contributed by atoms with Crippen molar-refractivity contribution >= 4 is 50.7 Å². The van der Waals surface area contributed by atoms with Crippen molar-refractivity contribution in [2.75, 3.05) is 24.2 Å². The lowest BCUT2D eigenvalue weighted by Crippen LogP contribution is -2.53. The van der Waals surface area contributed by atoms with Crippen LogP contribution in [0.25, 0.3) is 0 Å². The van der Waals surface area contributed by atoms with Crippen LogP contribution in [0.5, 0.6) is 5.75 Å². The molecule has 8 nitrogen and oxygen atoms in total. The fourth-order valence-electron chi connectivity index (χ4n) is 4.00. The summed E-state index contributed by atoms with van der Waals surface area (Å²) in [6.45, 7) is 7.71. The summed E-state index contributed by atoms with van der Waals surface area (Å²) >= 11 is 12.3. The Morgan fingerprint density at radius 2 is 1.79 bits per heavy atom. The number of carbonyl (C=O) groups is 2. The SMILES string of the molecule is CC[C@@H](C(=O)NC(C)(C)C)N(Cc1cccc(OC)c1)C(=O)CCCN(c1cc(Cl)ccc1Cl)S(C)(=O)=O. The van der Waals surface area contributed by atoms with Gasteiger partial charge >= 0.3 is 0 Å². The third-order valence-corrected chi connectivity index (χ3v) is 7.43. The van der Waals surface area contributed by atoms with E-state index in [1.807, 2.05) is 45.9 Å². The first-order valence-corrected chi connectivity index (χ1v) is 14.9. The minimum Gasteiger partial charge on any atom is -0.497 e. The monoisotopic (exact) mass is 585 g/mol. The summed E-state index contributed by atoms with van der Waals surface area (Å²) in [7, 11) is -2.14. The van der Waals surface area contributed by atoms with E-state index in [0.29, 0.717) is 17.2 Å². The van der Waals surface area contributed by atoms with E-state index >= 15 is 0 Å². The number of nitrogens with zero attached hydrogens (tertiary/aromatic N) is 2. The van der Waals surface area contributed by atoms with Gasteiger partial charge in [-0.3, -0.25) is 13.9 Å². The molecular formula is C27H37Cl2N3O5S. The summed E-state index contributed by atoms with van der Waals surface area (Å²) in [6.07, 6.45) is 1.71. The molecule has 0 bridgehead atoms. The number of amides is 2. The van der Waals surface area contributed by atoms with Crippen molar-refractivity contribution in [2.45, 2.75) is 65.1 Å². The van der Waals surface area contributed by atoms with Gasteiger partial charge in [-0.05, 0) is 69.5 Å². The second kappa shape index (κ2) is 13.5. The Kier molecular flexibility index (Phi) is 11.3. The van der Waals surface area contributed by atoms with Gasteiger partial charge in [0.05, 0.1) is 24.1 Å². The van der Waals surface area contributed by atoms with E-state index < -0.39 is 21.6 Å². The highest BCUT2D eigenvalue weighted by Crippen LogP contribution is 2.31. The van der Waals surface area contributed by atoms with Gasteiger partial charge < -0.3 is 15.0 Å². The van der Waals surface area contributed by atoms with Gasteiger partial charge in [0.15, 0.2) is 0 Å². The van der Waals surface area contributed by atoms with Crippen molar-refractivity contribution in [1.82, 2.24) is 10.2 Å². The zero-order valence-electron chi connectivity index (χ0n) is 22.8. The first-order valence-electron chi connectivity index (χ1n) is 12.3. The highest BCUT2D eigenvalue weighted by molar-refractivity contribution is 7.92. The normalized spacial score (nSPS) is 12.5. The molecule has 0 aliphatic carbocycles. The lowest BCUT2D eigenvalue weighted by molar-refractivity contribution is -0.142. The first-order chi connectivity index (χ1) is 17.7. The molecule has 0 aliphatic heterocycles. The van der Waals surface area contributed by atoms with E-state index in [1.54, 1.807) is 24.1 Å². The molecule has 0 spiro atoms. The highest BCUT2D eigenvalue weighted by atomic mass is 35.5. The van der Waals surface area contributed by atoms with E-state index in [9.17, 15) is 18.0 Å². The lowest BCUT2D eigenvalue weighted by atomic mass is 10.0. The smallest absolute Gasteiger partial charge is 0.243 e. The Hall–Kier alpha value is -2.49. The van der Waals surface area contributed by atoms with Gasteiger partial charge in [0.25, 0.3) is 0 Å². The molecule has 0 unspecified atom stereocenters. The van der Waals surface area contributed by atoms with Crippen LogP contribution in [0.15, 0.2) is 42.5 Å². The molecule has 2 rings (SSSR count). The molecule has 2 aromatic carbocycles. The molecule has 0 saturated heterocycles. The molecule has 0 fully saturated rings. The van der Waals surface area contributed by atoms with Crippen LogP contribution in [0, 0.1) is 0 Å². The topological polar surface area (TPSA) is 96.0 Å². The number of hydrogen-bond acceptors (Lipinski definition) is 5. The Morgan fingerprint density at radius 3 is 2.37 bits per heavy atom. The molecule has 1 atom stereocenters. The molecule has 0 saturated carbocycles. The van der Waals surface area contributed by atoms with Crippen molar-refractivity contribution in [3.8, 4) is 5.75 Å². The number of carbonyl (C=O) groups excluding carboxylic acids is 2. The largest absolute Gasteiger partial charge is 0.497 e. The zero-order valence-corrected chi connectivity index (χ0v) is 25.1. The number of halogens is 2. The van der Waals surface area contributed by atoms with Crippen LogP contribution in [0.3, 0.4) is 0 Å².